The van der Waals surface area contributed by atoms with Crippen molar-refractivity contribution in [2.24, 2.45) is 0 Å². The van der Waals surface area contributed by atoms with E-state index in [1.54, 1.807) is 16.9 Å². The summed E-state index contributed by atoms with van der Waals surface area (Å²) in [5.74, 6) is 0. The second-order valence-electron chi connectivity index (χ2n) is 8.82. The number of pyridine rings is 2. The van der Waals surface area contributed by atoms with Crippen LogP contribution in [0.5, 0.6) is 0 Å². The maximum Gasteiger partial charge on any atom is 0.258 e. The molecule has 0 atom stereocenters. The third-order valence-electron chi connectivity index (χ3n) is 6.53. The van der Waals surface area contributed by atoms with Gasteiger partial charge in [-0.05, 0) is 62.5 Å². The summed E-state index contributed by atoms with van der Waals surface area (Å²) in [5.41, 5.74) is 4.04. The van der Waals surface area contributed by atoms with Crippen LogP contribution >= 0.6 is 0 Å². The zero-order valence-corrected chi connectivity index (χ0v) is 18.8. The molecule has 0 bridgehead atoms. The lowest BCUT2D eigenvalue weighted by atomic mass is 10.0. The predicted octanol–water partition coefficient (Wildman–Crippen LogP) is 3.10. The van der Waals surface area contributed by atoms with Gasteiger partial charge in [0.2, 0.25) is 0 Å². The maximum atomic E-state index is 13.2. The van der Waals surface area contributed by atoms with Crippen LogP contribution in [0.2, 0.25) is 0 Å². The standard InChI is InChI=1S/C26H24N6O2/c1-17-16-32-25(28-17)24(30-11-7-21(33)8-12-30)15-23(29-32)19-2-3-22-18(14-19)6-13-31(26(22)34)20-4-9-27-10-5-20/h2-3,6-8,11-16,20,27H,4-5,9-10H2,1H3. The third kappa shape index (κ3) is 3.52. The Kier molecular flexibility index (Phi) is 4.88. The van der Waals surface area contributed by atoms with Gasteiger partial charge in [-0.15, -0.1) is 0 Å². The number of fused-ring (bicyclic) bond motifs is 2. The summed E-state index contributed by atoms with van der Waals surface area (Å²) in [6.07, 6.45) is 9.19. The Morgan fingerprint density at radius 3 is 2.56 bits per heavy atom. The minimum Gasteiger partial charge on any atom is -0.320 e. The summed E-state index contributed by atoms with van der Waals surface area (Å²) in [4.78, 5) is 29.4. The number of hydrogen-bond acceptors (Lipinski definition) is 5. The van der Waals surface area contributed by atoms with Gasteiger partial charge in [0.25, 0.3) is 5.56 Å². The molecule has 1 fully saturated rings. The van der Waals surface area contributed by atoms with Crippen LogP contribution in [0.4, 0.5) is 0 Å². The third-order valence-corrected chi connectivity index (χ3v) is 6.53. The number of nitrogens with zero attached hydrogens (tertiary/aromatic N) is 5. The van der Waals surface area contributed by atoms with E-state index in [0.29, 0.717) is 11.0 Å². The van der Waals surface area contributed by atoms with Crippen molar-refractivity contribution in [3.63, 3.8) is 0 Å². The molecule has 1 aliphatic heterocycles. The van der Waals surface area contributed by atoms with Crippen molar-refractivity contribution >= 4 is 16.4 Å². The molecule has 5 heterocycles. The molecule has 1 N–H and O–H groups in total. The van der Waals surface area contributed by atoms with Crippen LogP contribution in [0.1, 0.15) is 24.6 Å². The normalized spacial score (nSPS) is 14.7. The van der Waals surface area contributed by atoms with Crippen LogP contribution in [0.25, 0.3) is 33.4 Å². The van der Waals surface area contributed by atoms with Gasteiger partial charge in [0, 0.05) is 47.7 Å². The molecular weight excluding hydrogens is 428 g/mol. The molecule has 0 spiro atoms. The number of hydrogen-bond donors (Lipinski definition) is 1. The summed E-state index contributed by atoms with van der Waals surface area (Å²) < 4.78 is 5.51. The zero-order valence-electron chi connectivity index (χ0n) is 18.8. The van der Waals surface area contributed by atoms with E-state index in [1.807, 2.05) is 58.8 Å². The average Bonchev–Trinajstić information content (AvgIpc) is 3.24. The van der Waals surface area contributed by atoms with E-state index in [-0.39, 0.29) is 17.0 Å². The van der Waals surface area contributed by atoms with E-state index in [2.05, 4.69) is 10.3 Å². The molecule has 4 aromatic heterocycles. The summed E-state index contributed by atoms with van der Waals surface area (Å²) in [5, 5.41) is 9.74. The van der Waals surface area contributed by atoms with E-state index in [1.165, 1.54) is 12.1 Å². The lowest BCUT2D eigenvalue weighted by Crippen LogP contribution is -2.34. The van der Waals surface area contributed by atoms with Gasteiger partial charge < -0.3 is 14.5 Å². The SMILES string of the molecule is Cc1cn2nc(-c3ccc4c(=O)n(C5CCNCC5)ccc4c3)cc(-n3ccc(=O)cc3)c2n1. The van der Waals surface area contributed by atoms with E-state index in [9.17, 15) is 9.59 Å². The number of rotatable bonds is 3. The zero-order chi connectivity index (χ0) is 23.2. The van der Waals surface area contributed by atoms with Crippen molar-refractivity contribution in [3.05, 3.63) is 93.5 Å². The Balaban J connectivity index is 1.48. The van der Waals surface area contributed by atoms with Gasteiger partial charge >= 0.3 is 0 Å². The number of benzene rings is 1. The van der Waals surface area contributed by atoms with Gasteiger partial charge in [-0.25, -0.2) is 9.50 Å². The highest BCUT2D eigenvalue weighted by molar-refractivity contribution is 5.86. The van der Waals surface area contributed by atoms with Gasteiger partial charge in [0.1, 0.15) is 0 Å². The summed E-state index contributed by atoms with van der Waals surface area (Å²) in [6, 6.07) is 13.1. The van der Waals surface area contributed by atoms with Crippen molar-refractivity contribution in [2.75, 3.05) is 13.1 Å². The molecule has 6 rings (SSSR count). The average molecular weight is 453 g/mol. The fraction of sp³-hybridized carbons (Fsp3) is 0.231. The van der Waals surface area contributed by atoms with Crippen LogP contribution in [-0.2, 0) is 0 Å². The Bertz CT molecular complexity index is 1640. The lowest BCUT2D eigenvalue weighted by molar-refractivity contribution is 0.362. The van der Waals surface area contributed by atoms with E-state index < -0.39 is 0 Å². The first-order valence-corrected chi connectivity index (χ1v) is 11.5. The fourth-order valence-electron chi connectivity index (χ4n) is 4.77. The van der Waals surface area contributed by atoms with E-state index >= 15 is 0 Å². The molecular formula is C26H24N6O2. The number of imidazole rings is 1. The van der Waals surface area contributed by atoms with Crippen molar-refractivity contribution in [3.8, 4) is 16.9 Å². The first-order chi connectivity index (χ1) is 16.6. The molecule has 0 radical (unpaired) electrons. The smallest absolute Gasteiger partial charge is 0.258 e. The van der Waals surface area contributed by atoms with Gasteiger partial charge in [0.15, 0.2) is 11.1 Å². The van der Waals surface area contributed by atoms with Crippen LogP contribution in [0.15, 0.2) is 76.8 Å². The minimum atomic E-state index is -0.0502. The molecule has 8 nitrogen and oxygen atoms in total. The van der Waals surface area contributed by atoms with Crippen LogP contribution in [-0.4, -0.2) is 36.8 Å². The molecule has 1 aromatic carbocycles. The number of nitrogens with one attached hydrogen (secondary N) is 1. The van der Waals surface area contributed by atoms with Crippen molar-refractivity contribution in [1.82, 2.24) is 29.0 Å². The number of piperidine rings is 1. The lowest BCUT2D eigenvalue weighted by Gasteiger charge is -2.25. The number of aromatic nitrogens is 5. The van der Waals surface area contributed by atoms with Crippen molar-refractivity contribution < 1.29 is 0 Å². The molecule has 0 unspecified atom stereocenters. The highest BCUT2D eigenvalue weighted by Gasteiger charge is 2.17. The summed E-state index contributed by atoms with van der Waals surface area (Å²) in [6.45, 7) is 3.80. The van der Waals surface area contributed by atoms with Gasteiger partial charge in [-0.2, -0.15) is 5.10 Å². The molecule has 1 saturated heterocycles. The van der Waals surface area contributed by atoms with Crippen molar-refractivity contribution in [2.45, 2.75) is 25.8 Å². The molecule has 170 valence electrons. The van der Waals surface area contributed by atoms with E-state index in [4.69, 9.17) is 5.10 Å². The molecule has 5 aromatic rings. The second-order valence-corrected chi connectivity index (χ2v) is 8.82. The Morgan fingerprint density at radius 1 is 0.971 bits per heavy atom. The summed E-state index contributed by atoms with van der Waals surface area (Å²) in [7, 11) is 0. The van der Waals surface area contributed by atoms with Gasteiger partial charge in [0.05, 0.1) is 23.3 Å². The number of aryl methyl sites for hydroxylation is 1. The molecule has 0 saturated carbocycles. The van der Waals surface area contributed by atoms with Crippen LogP contribution < -0.4 is 16.3 Å². The Labute approximate surface area is 195 Å². The van der Waals surface area contributed by atoms with Gasteiger partial charge in [-0.1, -0.05) is 6.07 Å². The van der Waals surface area contributed by atoms with Crippen molar-refractivity contribution in [1.29, 1.82) is 0 Å². The first kappa shape index (κ1) is 20.6. The Morgan fingerprint density at radius 2 is 1.76 bits per heavy atom. The monoisotopic (exact) mass is 452 g/mol. The molecule has 0 aliphatic carbocycles. The van der Waals surface area contributed by atoms with Gasteiger partial charge in [-0.3, -0.25) is 9.59 Å². The summed E-state index contributed by atoms with van der Waals surface area (Å²) >= 11 is 0. The topological polar surface area (TPSA) is 86.2 Å². The first-order valence-electron chi connectivity index (χ1n) is 11.5. The molecule has 8 heteroatoms. The highest BCUT2D eigenvalue weighted by Crippen LogP contribution is 2.26. The quantitative estimate of drug-likeness (QED) is 0.455. The second kappa shape index (κ2) is 8.07. The van der Waals surface area contributed by atoms with Crippen LogP contribution in [0, 0.1) is 6.92 Å². The molecule has 1 aliphatic rings. The maximum absolute atomic E-state index is 13.2. The van der Waals surface area contributed by atoms with E-state index in [0.717, 1.165) is 54.0 Å². The molecule has 0 amide bonds. The Hall–Kier alpha value is -4.04. The van der Waals surface area contributed by atoms with Crippen LogP contribution in [0.3, 0.4) is 0 Å². The largest absolute Gasteiger partial charge is 0.320 e. The molecule has 34 heavy (non-hydrogen) atoms. The minimum absolute atomic E-state index is 0.0502. The predicted molar refractivity (Wildman–Crippen MR) is 132 cm³/mol. The fourth-order valence-corrected chi connectivity index (χ4v) is 4.77. The highest BCUT2D eigenvalue weighted by atomic mass is 16.1.